The minimum Gasteiger partial charge on any atom is -0.486 e. The van der Waals surface area contributed by atoms with Crippen molar-refractivity contribution in [3.63, 3.8) is 0 Å². The molecule has 1 heterocycles. The number of carbonyl (C=O) groups excluding carboxylic acids is 1. The van der Waals surface area contributed by atoms with Crippen molar-refractivity contribution in [2.75, 3.05) is 13.2 Å². The number of nitrogens with two attached hydrogens (primary N) is 1. The van der Waals surface area contributed by atoms with Crippen LogP contribution in [0.25, 0.3) is 0 Å². The highest BCUT2D eigenvalue weighted by Gasteiger charge is 2.19. The molecule has 1 aliphatic rings. The molecule has 1 aliphatic heterocycles. The highest BCUT2D eigenvalue weighted by atomic mass is 79.9. The summed E-state index contributed by atoms with van der Waals surface area (Å²) in [5.41, 5.74) is 8.11. The highest BCUT2D eigenvalue weighted by molar-refractivity contribution is 9.10. The minimum atomic E-state index is -0.183. The average Bonchev–Trinajstić information content (AvgIpc) is 2.61. The molecule has 0 aliphatic carbocycles. The molecule has 2 aromatic rings. The van der Waals surface area contributed by atoms with Crippen LogP contribution in [0.4, 0.5) is 0 Å². The van der Waals surface area contributed by atoms with Gasteiger partial charge in [0.15, 0.2) is 11.5 Å². The van der Waals surface area contributed by atoms with Gasteiger partial charge >= 0.3 is 0 Å². The van der Waals surface area contributed by atoms with Gasteiger partial charge in [-0.15, -0.1) is 12.4 Å². The summed E-state index contributed by atoms with van der Waals surface area (Å²) in [4.78, 5) is 12.4. The van der Waals surface area contributed by atoms with Gasteiger partial charge in [-0.25, -0.2) is 0 Å². The number of amides is 1. The molecule has 0 spiro atoms. The summed E-state index contributed by atoms with van der Waals surface area (Å²) in [5, 5.41) is 3.00. The van der Waals surface area contributed by atoms with Crippen molar-refractivity contribution in [3.8, 4) is 11.5 Å². The maximum atomic E-state index is 12.4. The molecule has 7 heteroatoms. The summed E-state index contributed by atoms with van der Waals surface area (Å²) in [6, 6.07) is 10.9. The van der Waals surface area contributed by atoms with Gasteiger partial charge in [-0.1, -0.05) is 28.1 Å². The lowest BCUT2D eigenvalue weighted by Crippen LogP contribution is -2.27. The Hall–Kier alpha value is -1.76. The van der Waals surface area contributed by atoms with Crippen LogP contribution in [0.15, 0.2) is 40.9 Å². The third-order valence-electron chi connectivity index (χ3n) is 3.93. The van der Waals surface area contributed by atoms with E-state index in [-0.39, 0.29) is 24.4 Å². The van der Waals surface area contributed by atoms with E-state index in [0.717, 1.165) is 15.6 Å². The highest BCUT2D eigenvalue weighted by Crippen LogP contribution is 2.37. The van der Waals surface area contributed by atoms with Crippen LogP contribution in [-0.4, -0.2) is 19.1 Å². The zero-order chi connectivity index (χ0) is 17.1. The standard InChI is InChI=1S/C18H19BrN2O3.ClH/c1-11(21-18(22)13-4-2-12(10-20)3-5-13)14-8-16-17(9-15(14)19)24-7-6-23-16;/h2-5,8-9,11H,6-7,10,20H2,1H3,(H,21,22);1H. The van der Waals surface area contributed by atoms with E-state index in [1.165, 1.54) is 0 Å². The summed E-state index contributed by atoms with van der Waals surface area (Å²) in [7, 11) is 0. The first-order valence-corrected chi connectivity index (χ1v) is 8.56. The van der Waals surface area contributed by atoms with Crippen LogP contribution in [0.3, 0.4) is 0 Å². The Morgan fingerprint density at radius 2 is 1.80 bits per heavy atom. The van der Waals surface area contributed by atoms with Gasteiger partial charge in [0.2, 0.25) is 0 Å². The second-order valence-corrected chi connectivity index (χ2v) is 6.47. The number of hydrogen-bond donors (Lipinski definition) is 2. The van der Waals surface area contributed by atoms with E-state index in [2.05, 4.69) is 21.2 Å². The number of nitrogens with one attached hydrogen (secondary N) is 1. The topological polar surface area (TPSA) is 73.6 Å². The molecule has 5 nitrogen and oxygen atoms in total. The van der Waals surface area contributed by atoms with E-state index in [1.807, 2.05) is 31.2 Å². The third kappa shape index (κ3) is 4.45. The summed E-state index contributed by atoms with van der Waals surface area (Å²) in [6.07, 6.45) is 0. The lowest BCUT2D eigenvalue weighted by atomic mass is 10.1. The van der Waals surface area contributed by atoms with E-state index < -0.39 is 0 Å². The first-order valence-electron chi connectivity index (χ1n) is 7.77. The number of fused-ring (bicyclic) bond motifs is 1. The number of rotatable bonds is 4. The van der Waals surface area contributed by atoms with Gasteiger partial charge in [-0.05, 0) is 42.3 Å². The summed E-state index contributed by atoms with van der Waals surface area (Å²) in [5.74, 6) is 1.29. The Morgan fingerprint density at radius 3 is 2.40 bits per heavy atom. The van der Waals surface area contributed by atoms with Gasteiger partial charge in [0.25, 0.3) is 5.91 Å². The average molecular weight is 428 g/mol. The number of halogens is 2. The molecule has 0 radical (unpaired) electrons. The second kappa shape index (κ2) is 8.56. The van der Waals surface area contributed by atoms with Crippen molar-refractivity contribution in [2.45, 2.75) is 19.5 Å². The van der Waals surface area contributed by atoms with Gasteiger partial charge in [0.05, 0.1) is 6.04 Å². The molecular weight excluding hydrogens is 408 g/mol. The molecule has 1 unspecified atom stereocenters. The quantitative estimate of drug-likeness (QED) is 0.782. The number of ether oxygens (including phenoxy) is 2. The van der Waals surface area contributed by atoms with E-state index >= 15 is 0 Å². The molecule has 3 rings (SSSR count). The zero-order valence-corrected chi connectivity index (χ0v) is 16.2. The summed E-state index contributed by atoms with van der Waals surface area (Å²) < 4.78 is 12.0. The number of carbonyl (C=O) groups is 1. The van der Waals surface area contributed by atoms with Gasteiger partial charge in [0, 0.05) is 16.6 Å². The van der Waals surface area contributed by atoms with Crippen LogP contribution in [-0.2, 0) is 6.54 Å². The molecule has 2 aromatic carbocycles. The zero-order valence-electron chi connectivity index (χ0n) is 13.8. The molecule has 0 bridgehead atoms. The summed E-state index contributed by atoms with van der Waals surface area (Å²) in [6.45, 7) is 3.47. The lowest BCUT2D eigenvalue weighted by molar-refractivity contribution is 0.0939. The SMILES string of the molecule is CC(NC(=O)c1ccc(CN)cc1)c1cc2c(cc1Br)OCCO2.Cl. The monoisotopic (exact) mass is 426 g/mol. The number of hydrogen-bond acceptors (Lipinski definition) is 4. The molecule has 0 fully saturated rings. The predicted octanol–water partition coefficient (Wildman–Crippen LogP) is 3.59. The van der Waals surface area contributed by atoms with Crippen molar-refractivity contribution >= 4 is 34.2 Å². The molecule has 1 amide bonds. The van der Waals surface area contributed by atoms with Crippen LogP contribution >= 0.6 is 28.3 Å². The van der Waals surface area contributed by atoms with Crippen LogP contribution < -0.4 is 20.5 Å². The lowest BCUT2D eigenvalue weighted by Gasteiger charge is -2.22. The molecule has 0 aromatic heterocycles. The maximum absolute atomic E-state index is 12.4. The fourth-order valence-electron chi connectivity index (χ4n) is 2.56. The van der Waals surface area contributed by atoms with Crippen LogP contribution in [0.2, 0.25) is 0 Å². The normalized spacial score (nSPS) is 13.6. The largest absolute Gasteiger partial charge is 0.486 e. The Labute approximate surface area is 161 Å². The van der Waals surface area contributed by atoms with E-state index in [9.17, 15) is 4.79 Å². The van der Waals surface area contributed by atoms with E-state index in [1.54, 1.807) is 12.1 Å². The van der Waals surface area contributed by atoms with E-state index in [4.69, 9.17) is 15.2 Å². The smallest absolute Gasteiger partial charge is 0.251 e. The molecule has 134 valence electrons. The minimum absolute atomic E-state index is 0. The Morgan fingerprint density at radius 1 is 1.20 bits per heavy atom. The first kappa shape index (κ1) is 19.6. The van der Waals surface area contributed by atoms with Gasteiger partial charge < -0.3 is 20.5 Å². The molecule has 25 heavy (non-hydrogen) atoms. The third-order valence-corrected chi connectivity index (χ3v) is 4.61. The first-order chi connectivity index (χ1) is 11.6. The Kier molecular flexibility index (Phi) is 6.70. The molecule has 1 atom stereocenters. The number of benzene rings is 2. The van der Waals surface area contributed by atoms with Gasteiger partial charge in [-0.2, -0.15) is 0 Å². The fraction of sp³-hybridized carbons (Fsp3) is 0.278. The van der Waals surface area contributed by atoms with Crippen LogP contribution in [0.5, 0.6) is 11.5 Å². The van der Waals surface area contributed by atoms with Crippen molar-refractivity contribution in [1.29, 1.82) is 0 Å². The Balaban J connectivity index is 0.00000225. The van der Waals surface area contributed by atoms with Gasteiger partial charge in [-0.3, -0.25) is 4.79 Å². The summed E-state index contributed by atoms with van der Waals surface area (Å²) >= 11 is 3.54. The molecular formula is C18H20BrClN2O3. The van der Waals surface area contributed by atoms with Crippen LogP contribution in [0.1, 0.15) is 34.5 Å². The van der Waals surface area contributed by atoms with Crippen LogP contribution in [0, 0.1) is 0 Å². The van der Waals surface area contributed by atoms with Crippen molar-refractivity contribution in [1.82, 2.24) is 5.32 Å². The Bertz CT molecular complexity index is 753. The molecule has 3 N–H and O–H groups in total. The maximum Gasteiger partial charge on any atom is 0.251 e. The predicted molar refractivity (Wildman–Crippen MR) is 103 cm³/mol. The second-order valence-electron chi connectivity index (χ2n) is 5.61. The van der Waals surface area contributed by atoms with Crippen molar-refractivity contribution in [3.05, 3.63) is 57.6 Å². The van der Waals surface area contributed by atoms with E-state index in [0.29, 0.717) is 36.8 Å². The van der Waals surface area contributed by atoms with Crippen molar-refractivity contribution in [2.24, 2.45) is 5.73 Å². The molecule has 0 saturated carbocycles. The molecule has 0 saturated heterocycles. The van der Waals surface area contributed by atoms with Gasteiger partial charge in [0.1, 0.15) is 13.2 Å². The fourth-order valence-corrected chi connectivity index (χ4v) is 3.23. The van der Waals surface area contributed by atoms with Crippen molar-refractivity contribution < 1.29 is 14.3 Å².